The third kappa shape index (κ3) is 2.81. The number of hydrogen-bond acceptors (Lipinski definition) is 4. The summed E-state index contributed by atoms with van der Waals surface area (Å²) in [5.41, 5.74) is 0. The molecule has 6 heteroatoms. The molecule has 0 aromatic heterocycles. The highest BCUT2D eigenvalue weighted by atomic mass is 16.5. The minimum Gasteiger partial charge on any atom is -0.373 e. The molecule has 112 valence electrons. The first-order chi connectivity index (χ1) is 9.63. The summed E-state index contributed by atoms with van der Waals surface area (Å²) in [5.74, 6) is -0.0412. The Morgan fingerprint density at radius 3 is 3.05 bits per heavy atom. The number of carbonyl (C=O) groups excluding carboxylic acids is 2. The number of hydrogen-bond donors (Lipinski definition) is 1. The Morgan fingerprint density at radius 1 is 1.35 bits per heavy atom. The van der Waals surface area contributed by atoms with E-state index in [0.29, 0.717) is 25.6 Å². The van der Waals surface area contributed by atoms with Crippen LogP contribution in [0.15, 0.2) is 0 Å². The molecule has 3 fully saturated rings. The second kappa shape index (κ2) is 5.69. The Morgan fingerprint density at radius 2 is 2.20 bits per heavy atom. The molecule has 3 aliphatic heterocycles. The molecule has 3 saturated heterocycles. The van der Waals surface area contributed by atoms with Crippen LogP contribution in [0.25, 0.3) is 0 Å². The van der Waals surface area contributed by atoms with Crippen molar-refractivity contribution < 1.29 is 14.3 Å². The van der Waals surface area contributed by atoms with Gasteiger partial charge >= 0.3 is 0 Å². The summed E-state index contributed by atoms with van der Waals surface area (Å²) >= 11 is 0. The lowest BCUT2D eigenvalue weighted by Crippen LogP contribution is -2.52. The third-order valence-corrected chi connectivity index (χ3v) is 4.55. The first-order valence-corrected chi connectivity index (χ1v) is 7.57. The maximum atomic E-state index is 12.2. The van der Waals surface area contributed by atoms with Crippen LogP contribution in [0.5, 0.6) is 0 Å². The Balaban J connectivity index is 1.59. The molecule has 0 spiro atoms. The van der Waals surface area contributed by atoms with Crippen LogP contribution >= 0.6 is 0 Å². The number of amides is 2. The summed E-state index contributed by atoms with van der Waals surface area (Å²) in [5, 5.41) is 2.71. The molecule has 1 N–H and O–H groups in total. The minimum atomic E-state index is -0.423. The number of carbonyl (C=O) groups is 2. The molecular formula is C14H23N3O3. The number of nitrogens with one attached hydrogen (secondary N) is 1. The molecule has 3 atom stereocenters. The standard InChI is InChI=1S/C14H23N3O3/c1-10-14(19)17(6-4-13(18)15-10)8-12-7-16-5-2-3-11(16)9-20-12/h10-12H,2-9H2,1H3,(H,15,18). The lowest BCUT2D eigenvalue weighted by molar-refractivity contribution is -0.136. The second-order valence-electron chi connectivity index (χ2n) is 6.07. The van der Waals surface area contributed by atoms with E-state index in [9.17, 15) is 9.59 Å². The lowest BCUT2D eigenvalue weighted by atomic mass is 10.1. The predicted molar refractivity (Wildman–Crippen MR) is 73.1 cm³/mol. The van der Waals surface area contributed by atoms with E-state index in [1.807, 2.05) is 0 Å². The average Bonchev–Trinajstić information content (AvgIpc) is 2.85. The highest BCUT2D eigenvalue weighted by molar-refractivity contribution is 5.89. The second-order valence-corrected chi connectivity index (χ2v) is 6.07. The van der Waals surface area contributed by atoms with Crippen LogP contribution in [0, 0.1) is 0 Å². The summed E-state index contributed by atoms with van der Waals surface area (Å²) in [6.45, 7) is 5.68. The van der Waals surface area contributed by atoms with Crippen LogP contribution in [-0.2, 0) is 14.3 Å². The third-order valence-electron chi connectivity index (χ3n) is 4.55. The normalized spacial score (nSPS) is 35.6. The van der Waals surface area contributed by atoms with Gasteiger partial charge in [-0.25, -0.2) is 0 Å². The zero-order chi connectivity index (χ0) is 14.1. The fraction of sp³-hybridized carbons (Fsp3) is 0.857. The monoisotopic (exact) mass is 281 g/mol. The maximum Gasteiger partial charge on any atom is 0.244 e. The van der Waals surface area contributed by atoms with E-state index < -0.39 is 6.04 Å². The molecule has 0 aromatic carbocycles. The van der Waals surface area contributed by atoms with Gasteiger partial charge in [-0.15, -0.1) is 0 Å². The van der Waals surface area contributed by atoms with E-state index in [0.717, 1.165) is 19.7 Å². The topological polar surface area (TPSA) is 61.9 Å². The first kappa shape index (κ1) is 13.8. The molecule has 3 aliphatic rings. The van der Waals surface area contributed by atoms with Gasteiger partial charge in [0.2, 0.25) is 11.8 Å². The van der Waals surface area contributed by atoms with Gasteiger partial charge in [-0.2, -0.15) is 0 Å². The van der Waals surface area contributed by atoms with Gasteiger partial charge in [0, 0.05) is 32.1 Å². The van der Waals surface area contributed by atoms with Crippen molar-refractivity contribution in [1.29, 1.82) is 0 Å². The highest BCUT2D eigenvalue weighted by Crippen LogP contribution is 2.23. The Kier molecular flexibility index (Phi) is 3.94. The molecule has 0 aromatic rings. The van der Waals surface area contributed by atoms with Crippen LogP contribution < -0.4 is 5.32 Å². The summed E-state index contributed by atoms with van der Waals surface area (Å²) in [6.07, 6.45) is 2.94. The molecule has 0 aliphatic carbocycles. The van der Waals surface area contributed by atoms with Gasteiger partial charge < -0.3 is 15.0 Å². The number of fused-ring (bicyclic) bond motifs is 1. The van der Waals surface area contributed by atoms with Gasteiger partial charge in [0.05, 0.1) is 12.7 Å². The predicted octanol–water partition coefficient (Wildman–Crippen LogP) is -0.413. The summed E-state index contributed by atoms with van der Waals surface area (Å²) in [6, 6.07) is 0.154. The number of nitrogens with zero attached hydrogens (tertiary/aromatic N) is 2. The van der Waals surface area contributed by atoms with Crippen LogP contribution in [0.4, 0.5) is 0 Å². The smallest absolute Gasteiger partial charge is 0.244 e. The zero-order valence-electron chi connectivity index (χ0n) is 12.0. The van der Waals surface area contributed by atoms with Crippen molar-refractivity contribution in [2.75, 3.05) is 32.8 Å². The van der Waals surface area contributed by atoms with Crippen LogP contribution in [0.1, 0.15) is 26.2 Å². The molecular weight excluding hydrogens is 258 g/mol. The van der Waals surface area contributed by atoms with Gasteiger partial charge in [-0.3, -0.25) is 14.5 Å². The SMILES string of the molecule is CC1NC(=O)CCN(CC2CN3CCCC3CO2)C1=O. The van der Waals surface area contributed by atoms with Gasteiger partial charge in [0.15, 0.2) is 0 Å². The van der Waals surface area contributed by atoms with Crippen LogP contribution in [-0.4, -0.2) is 72.6 Å². The quantitative estimate of drug-likeness (QED) is 0.747. The summed E-state index contributed by atoms with van der Waals surface area (Å²) < 4.78 is 5.90. The van der Waals surface area contributed by atoms with E-state index in [-0.39, 0.29) is 17.9 Å². The molecule has 0 saturated carbocycles. The maximum absolute atomic E-state index is 12.2. The van der Waals surface area contributed by atoms with Crippen molar-refractivity contribution in [2.24, 2.45) is 0 Å². The fourth-order valence-corrected chi connectivity index (χ4v) is 3.42. The number of rotatable bonds is 2. The first-order valence-electron chi connectivity index (χ1n) is 7.57. The van der Waals surface area contributed by atoms with E-state index >= 15 is 0 Å². The molecule has 20 heavy (non-hydrogen) atoms. The molecule has 6 nitrogen and oxygen atoms in total. The minimum absolute atomic E-state index is 0.00277. The van der Waals surface area contributed by atoms with Gasteiger partial charge in [-0.1, -0.05) is 0 Å². The zero-order valence-corrected chi connectivity index (χ0v) is 12.0. The van der Waals surface area contributed by atoms with Crippen molar-refractivity contribution >= 4 is 11.8 Å². The van der Waals surface area contributed by atoms with Crippen LogP contribution in [0.3, 0.4) is 0 Å². The van der Waals surface area contributed by atoms with Gasteiger partial charge in [0.25, 0.3) is 0 Å². The average molecular weight is 281 g/mol. The van der Waals surface area contributed by atoms with Crippen molar-refractivity contribution in [3.8, 4) is 0 Å². The fourth-order valence-electron chi connectivity index (χ4n) is 3.42. The Bertz CT molecular complexity index is 401. The van der Waals surface area contributed by atoms with E-state index in [2.05, 4.69) is 10.2 Å². The molecule has 2 amide bonds. The molecule has 3 rings (SSSR count). The van der Waals surface area contributed by atoms with Crippen molar-refractivity contribution in [3.63, 3.8) is 0 Å². The molecule has 3 unspecified atom stereocenters. The van der Waals surface area contributed by atoms with Gasteiger partial charge in [-0.05, 0) is 26.3 Å². The van der Waals surface area contributed by atoms with Crippen LogP contribution in [0.2, 0.25) is 0 Å². The van der Waals surface area contributed by atoms with Crippen molar-refractivity contribution in [2.45, 2.75) is 44.4 Å². The highest BCUT2D eigenvalue weighted by Gasteiger charge is 2.35. The van der Waals surface area contributed by atoms with Crippen molar-refractivity contribution in [1.82, 2.24) is 15.1 Å². The largest absolute Gasteiger partial charge is 0.373 e. The summed E-state index contributed by atoms with van der Waals surface area (Å²) in [4.78, 5) is 28.0. The summed E-state index contributed by atoms with van der Waals surface area (Å²) in [7, 11) is 0. The molecule has 0 bridgehead atoms. The molecule has 0 radical (unpaired) electrons. The Hall–Kier alpha value is -1.14. The van der Waals surface area contributed by atoms with Crippen molar-refractivity contribution in [3.05, 3.63) is 0 Å². The number of morpholine rings is 1. The number of ether oxygens (including phenoxy) is 1. The van der Waals surface area contributed by atoms with E-state index in [1.165, 1.54) is 12.8 Å². The van der Waals surface area contributed by atoms with E-state index in [4.69, 9.17) is 4.74 Å². The lowest BCUT2D eigenvalue weighted by Gasteiger charge is -2.37. The van der Waals surface area contributed by atoms with Gasteiger partial charge in [0.1, 0.15) is 6.04 Å². The molecule has 3 heterocycles. The van der Waals surface area contributed by atoms with E-state index in [1.54, 1.807) is 11.8 Å². The Labute approximate surface area is 119 Å².